The van der Waals surface area contributed by atoms with Crippen molar-refractivity contribution in [3.63, 3.8) is 0 Å². The van der Waals surface area contributed by atoms with E-state index >= 15 is 0 Å². The van der Waals surface area contributed by atoms with E-state index in [1.54, 1.807) is 6.08 Å². The van der Waals surface area contributed by atoms with Crippen LogP contribution >= 0.6 is 0 Å². The molecule has 0 fully saturated rings. The van der Waals surface area contributed by atoms with Crippen LogP contribution in [0.5, 0.6) is 0 Å². The van der Waals surface area contributed by atoms with Gasteiger partial charge in [-0.15, -0.1) is 0 Å². The summed E-state index contributed by atoms with van der Waals surface area (Å²) in [7, 11) is 0. The van der Waals surface area contributed by atoms with Crippen LogP contribution in [-0.2, 0) is 11.2 Å². The molecule has 0 spiro atoms. The Hall–Kier alpha value is -3.09. The monoisotopic (exact) mass is 440 g/mol. The first kappa shape index (κ1) is 25.2. The van der Waals surface area contributed by atoms with Gasteiger partial charge in [-0.25, -0.2) is 14.8 Å². The molecule has 7 nitrogen and oxygen atoms in total. The highest BCUT2D eigenvalue weighted by molar-refractivity contribution is 5.89. The number of benzene rings is 1. The van der Waals surface area contributed by atoms with E-state index in [4.69, 9.17) is 9.72 Å². The molecule has 0 aliphatic carbocycles. The molecule has 0 saturated heterocycles. The van der Waals surface area contributed by atoms with Crippen LogP contribution in [0.1, 0.15) is 53.3 Å². The molecule has 174 valence electrons. The van der Waals surface area contributed by atoms with Crippen molar-refractivity contribution in [2.45, 2.75) is 66.0 Å². The predicted molar refractivity (Wildman–Crippen MR) is 130 cm³/mol. The number of nitrogens with one attached hydrogen (secondary N) is 1. The number of hydrogen-bond donors (Lipinski definition) is 2. The zero-order valence-electron chi connectivity index (χ0n) is 19.8. The third-order valence-corrected chi connectivity index (χ3v) is 4.85. The first-order valence-electron chi connectivity index (χ1n) is 11.4. The van der Waals surface area contributed by atoms with Crippen molar-refractivity contribution in [1.82, 2.24) is 15.3 Å². The Labute approximate surface area is 191 Å². The number of ether oxygens (including phenoxy) is 1. The summed E-state index contributed by atoms with van der Waals surface area (Å²) in [5, 5.41) is 14.1. The normalized spacial score (nSPS) is 13.0. The highest BCUT2D eigenvalue weighted by atomic mass is 16.6. The number of aliphatic hydroxyl groups is 1. The lowest BCUT2D eigenvalue weighted by atomic mass is 10.2. The molecule has 0 radical (unpaired) electrons. The van der Waals surface area contributed by atoms with Crippen LogP contribution in [0.15, 0.2) is 48.3 Å². The number of allylic oxidation sites excluding steroid dienone is 4. The number of para-hydroxylation sites is 1. The molecule has 2 rings (SSSR count). The van der Waals surface area contributed by atoms with Crippen molar-refractivity contribution in [3.05, 3.63) is 54.1 Å². The fourth-order valence-corrected chi connectivity index (χ4v) is 3.25. The van der Waals surface area contributed by atoms with Crippen LogP contribution in [0.3, 0.4) is 0 Å². The SMILES string of the molecule is CC/C=C\C=C(\O)Cc1nc(N(CC)CCC(C)NC(=O)OC(C)C)c2ccccc2n1. The minimum absolute atomic E-state index is 0.0415. The van der Waals surface area contributed by atoms with E-state index in [1.165, 1.54) is 0 Å². The zero-order chi connectivity index (χ0) is 23.5. The Bertz CT molecular complexity index is 940. The molecule has 32 heavy (non-hydrogen) atoms. The summed E-state index contributed by atoms with van der Waals surface area (Å²) in [6.07, 6.45) is 6.87. The van der Waals surface area contributed by atoms with Crippen LogP contribution in [0.2, 0.25) is 0 Å². The van der Waals surface area contributed by atoms with Gasteiger partial charge in [0.15, 0.2) is 0 Å². The van der Waals surface area contributed by atoms with Gasteiger partial charge in [0.1, 0.15) is 11.6 Å². The van der Waals surface area contributed by atoms with Gasteiger partial charge in [-0.3, -0.25) is 0 Å². The van der Waals surface area contributed by atoms with E-state index < -0.39 is 6.09 Å². The third-order valence-electron chi connectivity index (χ3n) is 4.85. The Balaban J connectivity index is 2.21. The smallest absolute Gasteiger partial charge is 0.407 e. The summed E-state index contributed by atoms with van der Waals surface area (Å²) in [5.74, 6) is 1.63. The number of alkyl carbamates (subject to hydrolysis) is 1. The highest BCUT2D eigenvalue weighted by Crippen LogP contribution is 2.25. The van der Waals surface area contributed by atoms with E-state index in [9.17, 15) is 9.90 Å². The van der Waals surface area contributed by atoms with Gasteiger partial charge < -0.3 is 20.1 Å². The summed E-state index contributed by atoms with van der Waals surface area (Å²) in [6, 6.07) is 7.85. The number of nitrogens with zero attached hydrogens (tertiary/aromatic N) is 3. The van der Waals surface area contributed by atoms with Crippen molar-refractivity contribution in [3.8, 4) is 0 Å². The van der Waals surface area contributed by atoms with Crippen molar-refractivity contribution in [2.75, 3.05) is 18.0 Å². The van der Waals surface area contributed by atoms with Gasteiger partial charge in [0.25, 0.3) is 0 Å². The number of fused-ring (bicyclic) bond motifs is 1. The Kier molecular flexibility index (Phi) is 9.98. The fourth-order valence-electron chi connectivity index (χ4n) is 3.25. The second-order valence-electron chi connectivity index (χ2n) is 8.02. The third kappa shape index (κ3) is 7.87. The molecular formula is C25H36N4O3. The van der Waals surface area contributed by atoms with E-state index in [0.717, 1.165) is 36.1 Å². The molecule has 2 N–H and O–H groups in total. The first-order valence-corrected chi connectivity index (χ1v) is 11.4. The summed E-state index contributed by atoms with van der Waals surface area (Å²) in [6.45, 7) is 11.2. The number of rotatable bonds is 11. The lowest BCUT2D eigenvalue weighted by Gasteiger charge is -2.25. The summed E-state index contributed by atoms with van der Waals surface area (Å²) < 4.78 is 5.17. The molecule has 1 amide bonds. The average Bonchev–Trinajstić information content (AvgIpc) is 2.73. The quantitative estimate of drug-likeness (QED) is 0.363. The zero-order valence-corrected chi connectivity index (χ0v) is 19.8. The number of carbonyl (C=O) groups excluding carboxylic acids is 1. The first-order chi connectivity index (χ1) is 15.3. The molecular weight excluding hydrogens is 404 g/mol. The second-order valence-corrected chi connectivity index (χ2v) is 8.02. The van der Waals surface area contributed by atoms with Gasteiger partial charge in [-0.05, 0) is 58.7 Å². The van der Waals surface area contributed by atoms with Gasteiger partial charge in [0.2, 0.25) is 0 Å². The fraction of sp³-hybridized carbons (Fsp3) is 0.480. The lowest BCUT2D eigenvalue weighted by Crippen LogP contribution is -2.37. The lowest BCUT2D eigenvalue weighted by molar-refractivity contribution is 0.112. The van der Waals surface area contributed by atoms with E-state index in [-0.39, 0.29) is 24.3 Å². The summed E-state index contributed by atoms with van der Waals surface area (Å²) in [5.41, 5.74) is 0.842. The number of aliphatic hydroxyl groups excluding tert-OH is 1. The molecule has 1 heterocycles. The topological polar surface area (TPSA) is 87.6 Å². The molecule has 0 aliphatic rings. The maximum Gasteiger partial charge on any atom is 0.407 e. The standard InChI is InChI=1S/C25H36N4O3/c1-6-8-9-12-20(30)17-23-27-22-14-11-10-13-21(22)24(28-23)29(7-2)16-15-19(5)26-25(31)32-18(3)4/h8-14,18-19,30H,6-7,15-17H2,1-5H3,(H,26,31)/b9-8-,20-12+. The van der Waals surface area contributed by atoms with Crippen LogP contribution in [-0.4, -0.2) is 46.4 Å². The Morgan fingerprint density at radius 3 is 2.66 bits per heavy atom. The number of amides is 1. The molecule has 1 aromatic carbocycles. The van der Waals surface area contributed by atoms with Crippen molar-refractivity contribution in [2.24, 2.45) is 0 Å². The maximum atomic E-state index is 11.9. The largest absolute Gasteiger partial charge is 0.512 e. The van der Waals surface area contributed by atoms with Gasteiger partial charge >= 0.3 is 6.09 Å². The minimum atomic E-state index is -0.398. The predicted octanol–water partition coefficient (Wildman–Crippen LogP) is 5.32. The molecule has 1 aromatic heterocycles. The molecule has 0 saturated carbocycles. The summed E-state index contributed by atoms with van der Waals surface area (Å²) >= 11 is 0. The number of carbonyl (C=O) groups is 1. The van der Waals surface area contributed by atoms with Crippen LogP contribution in [0, 0.1) is 0 Å². The number of aromatic nitrogens is 2. The van der Waals surface area contributed by atoms with Gasteiger partial charge in [-0.1, -0.05) is 31.2 Å². The Morgan fingerprint density at radius 1 is 1.22 bits per heavy atom. The maximum absolute atomic E-state index is 11.9. The number of hydrogen-bond acceptors (Lipinski definition) is 6. The van der Waals surface area contributed by atoms with E-state index in [2.05, 4.69) is 22.1 Å². The number of anilines is 1. The molecule has 7 heteroatoms. The van der Waals surface area contributed by atoms with E-state index in [1.807, 2.05) is 64.1 Å². The van der Waals surface area contributed by atoms with Crippen LogP contribution < -0.4 is 10.2 Å². The van der Waals surface area contributed by atoms with Gasteiger partial charge in [-0.2, -0.15) is 0 Å². The summed E-state index contributed by atoms with van der Waals surface area (Å²) in [4.78, 5) is 23.5. The molecule has 0 bridgehead atoms. The Morgan fingerprint density at radius 2 is 1.97 bits per heavy atom. The van der Waals surface area contributed by atoms with Gasteiger partial charge in [0, 0.05) is 24.5 Å². The molecule has 1 atom stereocenters. The molecule has 1 unspecified atom stereocenters. The van der Waals surface area contributed by atoms with Gasteiger partial charge in [0.05, 0.1) is 23.8 Å². The highest BCUT2D eigenvalue weighted by Gasteiger charge is 2.16. The van der Waals surface area contributed by atoms with Crippen LogP contribution in [0.25, 0.3) is 10.9 Å². The molecule has 0 aliphatic heterocycles. The van der Waals surface area contributed by atoms with Crippen molar-refractivity contribution in [1.29, 1.82) is 0 Å². The molecule has 2 aromatic rings. The van der Waals surface area contributed by atoms with Crippen LogP contribution in [0.4, 0.5) is 10.6 Å². The van der Waals surface area contributed by atoms with E-state index in [0.29, 0.717) is 12.4 Å². The van der Waals surface area contributed by atoms with Crippen molar-refractivity contribution < 1.29 is 14.6 Å². The minimum Gasteiger partial charge on any atom is -0.512 e. The average molecular weight is 441 g/mol. The second kappa shape index (κ2) is 12.7. The van der Waals surface area contributed by atoms with Crippen molar-refractivity contribution >= 4 is 22.8 Å².